The van der Waals surface area contributed by atoms with Crippen molar-refractivity contribution in [2.24, 2.45) is 0 Å². The molecule has 3 heteroatoms. The maximum absolute atomic E-state index is 5.98. The van der Waals surface area contributed by atoms with Crippen LogP contribution in [-0.4, -0.2) is 4.98 Å². The summed E-state index contributed by atoms with van der Waals surface area (Å²) in [7, 11) is 0. The number of anilines is 2. The number of rotatable bonds is 2. The van der Waals surface area contributed by atoms with Gasteiger partial charge in [-0.1, -0.05) is 35.9 Å². The number of aryl methyl sites for hydroxylation is 1. The van der Waals surface area contributed by atoms with Crippen LogP contribution in [0.3, 0.4) is 0 Å². The van der Waals surface area contributed by atoms with Crippen molar-refractivity contribution in [3.63, 3.8) is 0 Å². The first-order chi connectivity index (χ1) is 9.22. The summed E-state index contributed by atoms with van der Waals surface area (Å²) >= 11 is 5.98. The van der Waals surface area contributed by atoms with E-state index in [-0.39, 0.29) is 0 Å². The average molecular weight is 269 g/mol. The van der Waals surface area contributed by atoms with Gasteiger partial charge in [0.15, 0.2) is 0 Å². The molecule has 94 valence electrons. The van der Waals surface area contributed by atoms with Crippen molar-refractivity contribution in [1.82, 2.24) is 4.98 Å². The van der Waals surface area contributed by atoms with E-state index in [0.717, 1.165) is 17.0 Å². The number of nitrogens with zero attached hydrogens (tertiary/aromatic N) is 1. The van der Waals surface area contributed by atoms with Crippen molar-refractivity contribution in [2.75, 3.05) is 5.32 Å². The molecule has 0 radical (unpaired) electrons. The predicted molar refractivity (Wildman–Crippen MR) is 81.2 cm³/mol. The summed E-state index contributed by atoms with van der Waals surface area (Å²) in [5, 5.41) is 5.17. The number of benzene rings is 2. The Balaban J connectivity index is 2.02. The Kier molecular flexibility index (Phi) is 3.10. The zero-order valence-corrected chi connectivity index (χ0v) is 11.3. The lowest BCUT2D eigenvalue weighted by atomic mass is 10.1. The van der Waals surface area contributed by atoms with E-state index in [4.69, 9.17) is 11.6 Å². The van der Waals surface area contributed by atoms with Crippen LogP contribution in [-0.2, 0) is 0 Å². The molecule has 19 heavy (non-hydrogen) atoms. The highest BCUT2D eigenvalue weighted by Gasteiger charge is 2.02. The fourth-order valence-corrected chi connectivity index (χ4v) is 2.32. The Labute approximate surface area is 117 Å². The molecule has 0 saturated heterocycles. The molecule has 2 nitrogen and oxygen atoms in total. The van der Waals surface area contributed by atoms with Crippen molar-refractivity contribution in [3.8, 4) is 0 Å². The van der Waals surface area contributed by atoms with Gasteiger partial charge in [0.05, 0.1) is 5.52 Å². The highest BCUT2D eigenvalue weighted by atomic mass is 35.5. The summed E-state index contributed by atoms with van der Waals surface area (Å²) in [6.07, 6.45) is 0. The second kappa shape index (κ2) is 4.90. The van der Waals surface area contributed by atoms with Gasteiger partial charge in [-0.25, -0.2) is 4.98 Å². The monoisotopic (exact) mass is 268 g/mol. The van der Waals surface area contributed by atoms with Gasteiger partial charge in [0.2, 0.25) is 0 Å². The van der Waals surface area contributed by atoms with Gasteiger partial charge >= 0.3 is 0 Å². The molecule has 0 unspecified atom stereocenters. The third kappa shape index (κ3) is 2.54. The van der Waals surface area contributed by atoms with Gasteiger partial charge in [-0.2, -0.15) is 0 Å². The first kappa shape index (κ1) is 12.0. The largest absolute Gasteiger partial charge is 0.340 e. The fraction of sp³-hybridized carbons (Fsp3) is 0.0625. The van der Waals surface area contributed by atoms with Crippen molar-refractivity contribution < 1.29 is 0 Å². The van der Waals surface area contributed by atoms with Crippen molar-refractivity contribution >= 4 is 34.0 Å². The molecule has 3 aromatic rings. The molecule has 0 aliphatic heterocycles. The van der Waals surface area contributed by atoms with Gasteiger partial charge in [-0.3, -0.25) is 0 Å². The van der Waals surface area contributed by atoms with Crippen LogP contribution in [0.2, 0.25) is 5.02 Å². The van der Waals surface area contributed by atoms with Gasteiger partial charge in [0.25, 0.3) is 0 Å². The number of hydrogen-bond donors (Lipinski definition) is 1. The van der Waals surface area contributed by atoms with Gasteiger partial charge < -0.3 is 5.32 Å². The number of fused-ring (bicyclic) bond motifs is 1. The van der Waals surface area contributed by atoms with E-state index in [2.05, 4.69) is 23.3 Å². The maximum atomic E-state index is 5.98. The minimum absolute atomic E-state index is 0.711. The lowest BCUT2D eigenvalue weighted by Crippen LogP contribution is -1.95. The average Bonchev–Trinajstić information content (AvgIpc) is 2.39. The molecule has 0 aliphatic rings. The van der Waals surface area contributed by atoms with Crippen LogP contribution in [0.25, 0.3) is 10.9 Å². The topological polar surface area (TPSA) is 24.9 Å². The molecule has 1 aromatic heterocycles. The number of para-hydroxylation sites is 1. The molecule has 3 rings (SSSR count). The van der Waals surface area contributed by atoms with Crippen LogP contribution in [0.15, 0.2) is 54.6 Å². The number of aromatic nitrogens is 1. The highest BCUT2D eigenvalue weighted by molar-refractivity contribution is 6.30. The molecule has 0 spiro atoms. The number of hydrogen-bond acceptors (Lipinski definition) is 2. The van der Waals surface area contributed by atoms with E-state index in [0.29, 0.717) is 5.02 Å². The van der Waals surface area contributed by atoms with E-state index in [1.165, 1.54) is 10.9 Å². The zero-order valence-electron chi connectivity index (χ0n) is 10.5. The molecule has 0 atom stereocenters. The Morgan fingerprint density at radius 3 is 2.68 bits per heavy atom. The highest BCUT2D eigenvalue weighted by Crippen LogP contribution is 2.23. The molecular weight excluding hydrogens is 256 g/mol. The Hall–Kier alpha value is -2.06. The molecule has 0 saturated carbocycles. The first-order valence-corrected chi connectivity index (χ1v) is 6.49. The number of pyridine rings is 1. The molecule has 2 aromatic carbocycles. The summed E-state index contributed by atoms with van der Waals surface area (Å²) in [4.78, 5) is 4.61. The van der Waals surface area contributed by atoms with Crippen molar-refractivity contribution in [1.29, 1.82) is 0 Å². The van der Waals surface area contributed by atoms with E-state index in [9.17, 15) is 0 Å². The predicted octanol–water partition coefficient (Wildman–Crippen LogP) is 4.94. The summed E-state index contributed by atoms with van der Waals surface area (Å²) in [5.74, 6) is 0.832. The Morgan fingerprint density at radius 2 is 1.84 bits per heavy atom. The van der Waals surface area contributed by atoms with Crippen molar-refractivity contribution in [2.45, 2.75) is 6.92 Å². The van der Waals surface area contributed by atoms with Crippen LogP contribution >= 0.6 is 11.6 Å². The lowest BCUT2D eigenvalue weighted by molar-refractivity contribution is 1.34. The third-order valence-corrected chi connectivity index (χ3v) is 3.26. The minimum Gasteiger partial charge on any atom is -0.340 e. The van der Waals surface area contributed by atoms with E-state index in [1.807, 2.05) is 48.5 Å². The minimum atomic E-state index is 0.711. The molecule has 0 aliphatic carbocycles. The molecule has 1 N–H and O–H groups in total. The SMILES string of the molecule is Cc1cc(Nc2cccc(Cl)c2)nc2ccccc12. The van der Waals surface area contributed by atoms with Crippen molar-refractivity contribution in [3.05, 3.63) is 65.2 Å². The molecule has 0 bridgehead atoms. The van der Waals surface area contributed by atoms with Gasteiger partial charge in [-0.05, 0) is 42.8 Å². The normalized spacial score (nSPS) is 10.6. The van der Waals surface area contributed by atoms with Crippen LogP contribution in [0.1, 0.15) is 5.56 Å². The summed E-state index contributed by atoms with van der Waals surface area (Å²) < 4.78 is 0. The Bertz CT molecular complexity index is 738. The third-order valence-electron chi connectivity index (χ3n) is 3.02. The van der Waals surface area contributed by atoms with Crippen LogP contribution < -0.4 is 5.32 Å². The molecule has 1 heterocycles. The lowest BCUT2D eigenvalue weighted by Gasteiger charge is -2.09. The number of nitrogens with one attached hydrogen (secondary N) is 1. The van der Waals surface area contributed by atoms with Crippen LogP contribution in [0.5, 0.6) is 0 Å². The van der Waals surface area contributed by atoms with Gasteiger partial charge in [0, 0.05) is 16.1 Å². The summed E-state index contributed by atoms with van der Waals surface area (Å²) in [6, 6.07) is 17.8. The zero-order chi connectivity index (χ0) is 13.2. The fourth-order valence-electron chi connectivity index (χ4n) is 2.13. The van der Waals surface area contributed by atoms with E-state index in [1.54, 1.807) is 0 Å². The summed E-state index contributed by atoms with van der Waals surface area (Å²) in [5.41, 5.74) is 3.14. The van der Waals surface area contributed by atoms with Crippen LogP contribution in [0, 0.1) is 6.92 Å². The Morgan fingerprint density at radius 1 is 1.00 bits per heavy atom. The van der Waals surface area contributed by atoms with Gasteiger partial charge in [0.1, 0.15) is 5.82 Å². The van der Waals surface area contributed by atoms with Gasteiger partial charge in [-0.15, -0.1) is 0 Å². The second-order valence-corrected chi connectivity index (χ2v) is 4.91. The van der Waals surface area contributed by atoms with Crippen LogP contribution in [0.4, 0.5) is 11.5 Å². The smallest absolute Gasteiger partial charge is 0.131 e. The molecule has 0 amide bonds. The second-order valence-electron chi connectivity index (χ2n) is 4.48. The van der Waals surface area contributed by atoms with E-state index < -0.39 is 0 Å². The molecule has 0 fully saturated rings. The summed E-state index contributed by atoms with van der Waals surface area (Å²) in [6.45, 7) is 2.09. The first-order valence-electron chi connectivity index (χ1n) is 6.11. The standard InChI is InChI=1S/C16H13ClN2/c1-11-9-16(18-13-6-4-5-12(17)10-13)19-15-8-3-2-7-14(11)15/h2-10H,1H3,(H,18,19). The van der Waals surface area contributed by atoms with E-state index >= 15 is 0 Å². The maximum Gasteiger partial charge on any atom is 0.131 e. The number of halogens is 1. The quantitative estimate of drug-likeness (QED) is 0.712. The molecular formula is C16H13ClN2.